The van der Waals surface area contributed by atoms with E-state index in [4.69, 9.17) is 5.26 Å². The number of hydrogen-bond acceptors (Lipinski definition) is 1. The average molecular weight is 271 g/mol. The zero-order chi connectivity index (χ0) is 2.71. The Balaban J connectivity index is 0. The fraction of sp³-hybridized carbons (Fsp3) is 0. The maximum atomic E-state index is 7.32. The zero-order valence-corrected chi connectivity index (χ0v) is 5.48. The third kappa shape index (κ3) is 12.5. The van der Waals surface area contributed by atoms with Gasteiger partial charge in [-0.2, -0.15) is 0 Å². The Morgan fingerprint density at radius 1 is 1.75 bits per heavy atom. The van der Waals surface area contributed by atoms with Gasteiger partial charge in [-0.15, -0.1) is 0 Å². The van der Waals surface area contributed by atoms with E-state index in [0.717, 1.165) is 0 Å². The van der Waals surface area contributed by atoms with Crippen molar-refractivity contribution >= 4 is 0 Å². The Morgan fingerprint density at radius 3 is 1.75 bits per heavy atom. The first-order valence-corrected chi connectivity index (χ1v) is 1.25. The van der Waals surface area contributed by atoms with Gasteiger partial charge in [0.2, 0.25) is 0 Å². The van der Waals surface area contributed by atoms with Crippen LogP contribution in [0.1, 0.15) is 0 Å². The van der Waals surface area contributed by atoms with Crippen LogP contribution in [0, 0.1) is 9.64 Å². The molecule has 0 aromatic carbocycles. The van der Waals surface area contributed by atoms with Gasteiger partial charge in [-0.25, -0.2) is 0 Å². The van der Waals surface area contributed by atoms with Gasteiger partial charge in [-0.1, -0.05) is 0 Å². The van der Waals surface area contributed by atoms with Crippen LogP contribution in [0.3, 0.4) is 0 Å². The molecule has 0 aliphatic rings. The van der Waals surface area contributed by atoms with Crippen molar-refractivity contribution in [1.82, 2.24) is 0 Å². The normalized spacial score (nSPS) is 1.50. The van der Waals surface area contributed by atoms with Crippen molar-refractivity contribution in [3.63, 3.8) is 0 Å². The van der Waals surface area contributed by atoms with Crippen molar-refractivity contribution in [2.24, 2.45) is 0 Å². The van der Waals surface area contributed by atoms with Crippen molar-refractivity contribution in [3.8, 4) is 4.37 Å². The molecule has 4 heavy (non-hydrogen) atoms. The molecule has 24 valence electrons. The molecule has 0 saturated heterocycles. The summed E-state index contributed by atoms with van der Waals surface area (Å²) in [6.07, 6.45) is 0. The molecule has 0 spiro atoms. The molecule has 0 bridgehead atoms. The van der Waals surface area contributed by atoms with Crippen molar-refractivity contribution in [2.45, 2.75) is 0 Å². The minimum Gasteiger partial charge on any atom is 0 e. The van der Waals surface area contributed by atoms with Gasteiger partial charge in [0.15, 0.2) is 0 Å². The number of nitrogens with zero attached hydrogens (tertiary/aromatic N) is 1. The van der Waals surface area contributed by atoms with E-state index in [1.54, 1.807) is 4.37 Å². The summed E-state index contributed by atoms with van der Waals surface area (Å²) in [5, 5.41) is 7.32. The van der Waals surface area contributed by atoms with Gasteiger partial charge in [0.25, 0.3) is 0 Å². The molecule has 0 aliphatic heterocycles. The third-order valence-electron chi connectivity index (χ3n) is 0. The second-order valence-electron chi connectivity index (χ2n) is 0.112. The molecule has 0 unspecified atom stereocenters. The summed E-state index contributed by atoms with van der Waals surface area (Å²) in [6.45, 7) is 0. The van der Waals surface area contributed by atoms with Crippen LogP contribution in [0.2, 0.25) is 0 Å². The average Bonchev–Trinajstić information content (AvgIpc) is 0.918. The second-order valence-corrected chi connectivity index (χ2v) is 0.461. The molecule has 0 saturated carbocycles. The third-order valence-corrected chi connectivity index (χ3v) is 0. The Morgan fingerprint density at radius 2 is 1.75 bits per heavy atom. The predicted octanol–water partition coefficient (Wildman–Crippen LogP) is 0.0118. The molecule has 1 radical (unpaired) electrons. The van der Waals surface area contributed by atoms with E-state index in [1.165, 1.54) is 20.4 Å². The number of hydrogen-bond donors (Lipinski definition) is 0. The van der Waals surface area contributed by atoms with E-state index < -0.39 is 0 Å². The first-order chi connectivity index (χ1) is 1.41. The molecule has 0 aromatic rings. The summed E-state index contributed by atoms with van der Waals surface area (Å²) >= 11 is 1.43. The Bertz CT molecular complexity index is 29.5. The van der Waals surface area contributed by atoms with Crippen molar-refractivity contribution in [3.05, 3.63) is 0 Å². The van der Waals surface area contributed by atoms with Crippen molar-refractivity contribution in [1.29, 1.82) is 5.26 Å². The van der Waals surface area contributed by atoms with Crippen LogP contribution in [0.4, 0.5) is 0 Å². The van der Waals surface area contributed by atoms with Crippen LogP contribution >= 0.6 is 0 Å². The molecular weight excluding hydrogens is 271 g/mol. The fourth-order valence-corrected chi connectivity index (χ4v) is 0. The molecule has 3 heteroatoms. The van der Waals surface area contributed by atoms with Crippen LogP contribution in [0.25, 0.3) is 0 Å². The molecule has 0 fully saturated rings. The van der Waals surface area contributed by atoms with Crippen molar-refractivity contribution in [2.75, 3.05) is 0 Å². The van der Waals surface area contributed by atoms with E-state index in [2.05, 4.69) is 0 Å². The molecule has 0 aromatic heterocycles. The minimum atomic E-state index is 0. The summed E-state index contributed by atoms with van der Waals surface area (Å²) in [7, 11) is 0. The van der Waals surface area contributed by atoms with Gasteiger partial charge in [-0.05, 0) is 0 Å². The molecule has 1 nitrogen and oxygen atoms in total. The largest absolute Gasteiger partial charge is 0 e. The summed E-state index contributed by atoms with van der Waals surface area (Å²) in [4.78, 5) is 0. The smallest absolute Gasteiger partial charge is 0 e. The Hall–Kier alpha value is 0.945. The molecular formula is CAuNTi. The standard InChI is InChI=1S/CN.Au.Ti/c1-2;;. The van der Waals surface area contributed by atoms with Gasteiger partial charge in [-0.3, -0.25) is 0 Å². The first kappa shape index (κ1) is 8.87. The zero-order valence-electron chi connectivity index (χ0n) is 1.75. The molecule has 0 N–H and O–H groups in total. The van der Waals surface area contributed by atoms with Crippen LogP contribution < -0.4 is 0 Å². The maximum Gasteiger partial charge on any atom is 0 e. The molecule has 0 amide bonds. The van der Waals surface area contributed by atoms with E-state index in [-0.39, 0.29) is 22.4 Å². The molecule has 0 atom stereocenters. The maximum absolute atomic E-state index is 7.32. The number of nitriles is 1. The van der Waals surface area contributed by atoms with E-state index in [1.807, 2.05) is 0 Å². The van der Waals surface area contributed by atoms with Gasteiger partial charge < -0.3 is 0 Å². The van der Waals surface area contributed by atoms with E-state index in [0.29, 0.717) is 0 Å². The van der Waals surface area contributed by atoms with Crippen LogP contribution in [-0.2, 0) is 42.8 Å². The second kappa shape index (κ2) is 9.04. The summed E-state index contributed by atoms with van der Waals surface area (Å²) in [6, 6.07) is 0. The van der Waals surface area contributed by atoms with Crippen LogP contribution in [-0.4, -0.2) is 0 Å². The Kier molecular flexibility index (Phi) is 20.1. The van der Waals surface area contributed by atoms with Gasteiger partial charge in [0.1, 0.15) is 0 Å². The van der Waals surface area contributed by atoms with Crippen LogP contribution in [0.5, 0.6) is 0 Å². The summed E-state index contributed by atoms with van der Waals surface area (Å²) < 4.78 is 1.75. The topological polar surface area (TPSA) is 23.8 Å². The monoisotopic (exact) mass is 271 g/mol. The molecule has 0 aliphatic carbocycles. The van der Waals surface area contributed by atoms with Gasteiger partial charge in [0.05, 0.1) is 0 Å². The van der Waals surface area contributed by atoms with Gasteiger partial charge >= 0.3 is 30.1 Å². The predicted molar refractivity (Wildman–Crippen MR) is 5.61 cm³/mol. The SMILES string of the molecule is N#[C][Ti].[Au]. The first-order valence-electron chi connectivity index (χ1n) is 0.474. The number of rotatable bonds is 0. The summed E-state index contributed by atoms with van der Waals surface area (Å²) in [5.41, 5.74) is 0. The Labute approximate surface area is 52.3 Å². The van der Waals surface area contributed by atoms with Crippen molar-refractivity contribution < 1.29 is 42.8 Å². The van der Waals surface area contributed by atoms with Gasteiger partial charge in [0, 0.05) is 22.4 Å². The molecule has 0 heterocycles. The van der Waals surface area contributed by atoms with E-state index >= 15 is 0 Å². The quantitative estimate of drug-likeness (QED) is 0.569. The fourth-order valence-electron chi connectivity index (χ4n) is 0. The minimum absolute atomic E-state index is 0. The van der Waals surface area contributed by atoms with E-state index in [9.17, 15) is 0 Å². The molecule has 0 rings (SSSR count). The van der Waals surface area contributed by atoms with Crippen LogP contribution in [0.15, 0.2) is 0 Å². The summed E-state index contributed by atoms with van der Waals surface area (Å²) in [5.74, 6) is 0.